The standard InChI is InChI=1S/C27H35NO3/c1-6-27(25(30)31)15-17(2)14-20(16-27)18(3)28-23(26(4,5)24(28)29)22-13-9-11-19-10-7-8-12-21(19)22/h7-13,17-18,20,23H,6,14-16H2,1-5H3,(H,30,31)/t17?,18-,20?,23?,27+/m1/s1. The molecule has 0 bridgehead atoms. The van der Waals surface area contributed by atoms with E-state index in [0.29, 0.717) is 18.8 Å². The second-order valence-electron chi connectivity index (χ2n) is 10.6. The molecule has 1 aliphatic carbocycles. The number of benzene rings is 2. The van der Waals surface area contributed by atoms with Crippen molar-refractivity contribution in [3.63, 3.8) is 0 Å². The highest BCUT2D eigenvalue weighted by atomic mass is 16.4. The molecule has 4 heteroatoms. The number of hydrogen-bond donors (Lipinski definition) is 1. The van der Waals surface area contributed by atoms with E-state index in [-0.39, 0.29) is 23.9 Å². The molecule has 1 amide bonds. The lowest BCUT2D eigenvalue weighted by Gasteiger charge is -2.58. The van der Waals surface area contributed by atoms with E-state index in [4.69, 9.17) is 0 Å². The maximum Gasteiger partial charge on any atom is 0.309 e. The number of aliphatic carboxylic acids is 1. The van der Waals surface area contributed by atoms with Crippen molar-refractivity contribution in [2.45, 2.75) is 72.4 Å². The third kappa shape index (κ3) is 3.35. The van der Waals surface area contributed by atoms with Crippen molar-refractivity contribution in [2.75, 3.05) is 0 Å². The SMILES string of the molecule is CC[C@]1(C(=O)O)CC(C)CC([C@@H](C)N2C(=O)C(C)(C)C2c2cccc3ccccc23)C1. The molecule has 1 N–H and O–H groups in total. The van der Waals surface area contributed by atoms with Gasteiger partial charge in [-0.1, -0.05) is 56.3 Å². The Morgan fingerprint density at radius 2 is 1.84 bits per heavy atom. The Balaban J connectivity index is 1.71. The van der Waals surface area contributed by atoms with Crippen LogP contribution in [0.4, 0.5) is 0 Å². The molecule has 2 aromatic carbocycles. The first kappa shape index (κ1) is 21.9. The molecule has 31 heavy (non-hydrogen) atoms. The Bertz CT molecular complexity index is 1010. The maximum absolute atomic E-state index is 13.3. The van der Waals surface area contributed by atoms with E-state index in [0.717, 1.165) is 12.8 Å². The van der Waals surface area contributed by atoms with E-state index in [1.807, 2.05) is 26.8 Å². The number of β-lactam (4-membered cyclic amide) rings is 1. The van der Waals surface area contributed by atoms with E-state index in [2.05, 4.69) is 55.1 Å². The number of carboxylic acids is 1. The number of hydrogen-bond acceptors (Lipinski definition) is 2. The normalized spacial score (nSPS) is 31.3. The van der Waals surface area contributed by atoms with Crippen LogP contribution in [0.15, 0.2) is 42.5 Å². The molecule has 4 rings (SSSR count). The lowest BCUT2D eigenvalue weighted by Crippen LogP contribution is -2.65. The second kappa shape index (κ2) is 7.65. The van der Waals surface area contributed by atoms with Gasteiger partial charge < -0.3 is 10.0 Å². The Labute approximate surface area is 185 Å². The lowest BCUT2D eigenvalue weighted by atomic mass is 9.61. The van der Waals surface area contributed by atoms with Gasteiger partial charge in [-0.2, -0.15) is 0 Å². The van der Waals surface area contributed by atoms with Gasteiger partial charge in [-0.15, -0.1) is 0 Å². The zero-order chi connectivity index (χ0) is 22.6. The number of nitrogens with zero attached hydrogens (tertiary/aromatic N) is 1. The monoisotopic (exact) mass is 421 g/mol. The molecule has 2 fully saturated rings. The molecule has 2 aliphatic rings. The molecule has 1 heterocycles. The third-order valence-corrected chi connectivity index (χ3v) is 8.21. The molecule has 1 saturated carbocycles. The first-order valence-corrected chi connectivity index (χ1v) is 11.7. The van der Waals surface area contributed by atoms with Gasteiger partial charge >= 0.3 is 5.97 Å². The Morgan fingerprint density at radius 3 is 2.52 bits per heavy atom. The summed E-state index contributed by atoms with van der Waals surface area (Å²) in [5.41, 5.74) is 0.0563. The van der Waals surface area contributed by atoms with Crippen molar-refractivity contribution in [1.29, 1.82) is 0 Å². The van der Waals surface area contributed by atoms with Crippen LogP contribution in [0.5, 0.6) is 0 Å². The van der Waals surface area contributed by atoms with E-state index in [1.54, 1.807) is 0 Å². The summed E-state index contributed by atoms with van der Waals surface area (Å²) in [6.07, 6.45) is 3.00. The van der Waals surface area contributed by atoms with Crippen LogP contribution < -0.4 is 0 Å². The summed E-state index contributed by atoms with van der Waals surface area (Å²) < 4.78 is 0. The van der Waals surface area contributed by atoms with E-state index in [9.17, 15) is 14.7 Å². The van der Waals surface area contributed by atoms with Crippen LogP contribution in [0.25, 0.3) is 10.8 Å². The molecule has 0 aromatic heterocycles. The number of amides is 1. The summed E-state index contributed by atoms with van der Waals surface area (Å²) in [6.45, 7) is 10.4. The average Bonchev–Trinajstić information content (AvgIpc) is 2.75. The summed E-state index contributed by atoms with van der Waals surface area (Å²) in [7, 11) is 0. The molecule has 0 spiro atoms. The molecule has 0 radical (unpaired) electrons. The Hall–Kier alpha value is -2.36. The van der Waals surface area contributed by atoms with Crippen molar-refractivity contribution >= 4 is 22.6 Å². The molecule has 3 unspecified atom stereocenters. The van der Waals surface area contributed by atoms with Crippen molar-refractivity contribution in [2.24, 2.45) is 22.7 Å². The minimum atomic E-state index is -0.681. The minimum Gasteiger partial charge on any atom is -0.481 e. The molecule has 166 valence electrons. The fourth-order valence-corrected chi connectivity index (χ4v) is 6.44. The van der Waals surface area contributed by atoms with Crippen LogP contribution in [-0.4, -0.2) is 27.9 Å². The van der Waals surface area contributed by atoms with Crippen LogP contribution >= 0.6 is 0 Å². The van der Waals surface area contributed by atoms with Crippen molar-refractivity contribution in [1.82, 2.24) is 4.90 Å². The fraction of sp³-hybridized carbons (Fsp3) is 0.556. The summed E-state index contributed by atoms with van der Waals surface area (Å²) in [5, 5.41) is 12.4. The van der Waals surface area contributed by atoms with Crippen LogP contribution in [-0.2, 0) is 9.59 Å². The quantitative estimate of drug-likeness (QED) is 0.598. The number of likely N-dealkylation sites (tertiary alicyclic amines) is 1. The van der Waals surface area contributed by atoms with Gasteiger partial charge in [0.2, 0.25) is 5.91 Å². The number of carboxylic acid groups (broad SMARTS) is 1. The summed E-state index contributed by atoms with van der Waals surface area (Å²) in [4.78, 5) is 27.6. The van der Waals surface area contributed by atoms with Gasteiger partial charge in [-0.3, -0.25) is 9.59 Å². The highest BCUT2D eigenvalue weighted by Gasteiger charge is 2.58. The summed E-state index contributed by atoms with van der Waals surface area (Å²) in [5.74, 6) is 0.0307. The van der Waals surface area contributed by atoms with E-state index < -0.39 is 16.8 Å². The highest BCUT2D eigenvalue weighted by Crippen LogP contribution is 2.55. The van der Waals surface area contributed by atoms with Gasteiger partial charge in [0.25, 0.3) is 0 Å². The summed E-state index contributed by atoms with van der Waals surface area (Å²) in [6, 6.07) is 14.7. The van der Waals surface area contributed by atoms with Crippen molar-refractivity contribution in [3.05, 3.63) is 48.0 Å². The average molecular weight is 422 g/mol. The second-order valence-corrected chi connectivity index (χ2v) is 10.6. The number of rotatable bonds is 5. The van der Waals surface area contributed by atoms with Crippen molar-refractivity contribution in [3.8, 4) is 0 Å². The van der Waals surface area contributed by atoms with Gasteiger partial charge in [0.05, 0.1) is 16.9 Å². The first-order chi connectivity index (χ1) is 14.6. The zero-order valence-electron chi connectivity index (χ0n) is 19.4. The summed E-state index contributed by atoms with van der Waals surface area (Å²) >= 11 is 0. The predicted molar refractivity (Wildman–Crippen MR) is 124 cm³/mol. The number of carbonyl (C=O) groups is 2. The molecular formula is C27H35NO3. The molecule has 1 aliphatic heterocycles. The smallest absolute Gasteiger partial charge is 0.309 e. The van der Waals surface area contributed by atoms with Gasteiger partial charge in [0, 0.05) is 6.04 Å². The third-order valence-electron chi connectivity index (χ3n) is 8.21. The predicted octanol–water partition coefficient (Wildman–Crippen LogP) is 6.06. The largest absolute Gasteiger partial charge is 0.481 e. The Morgan fingerprint density at radius 1 is 1.16 bits per heavy atom. The number of carbonyl (C=O) groups excluding carboxylic acids is 1. The van der Waals surface area contributed by atoms with Gasteiger partial charge in [-0.25, -0.2) is 0 Å². The van der Waals surface area contributed by atoms with Gasteiger partial charge in [0.1, 0.15) is 0 Å². The zero-order valence-corrected chi connectivity index (χ0v) is 19.4. The van der Waals surface area contributed by atoms with Crippen LogP contribution in [0.2, 0.25) is 0 Å². The highest BCUT2D eigenvalue weighted by molar-refractivity contribution is 5.94. The molecule has 1 saturated heterocycles. The molecule has 5 atom stereocenters. The van der Waals surface area contributed by atoms with Crippen LogP contribution in [0, 0.1) is 22.7 Å². The lowest BCUT2D eigenvalue weighted by molar-refractivity contribution is -0.178. The topological polar surface area (TPSA) is 57.6 Å². The Kier molecular flexibility index (Phi) is 5.39. The van der Waals surface area contributed by atoms with Gasteiger partial charge in [-0.05, 0) is 74.6 Å². The number of fused-ring (bicyclic) bond motifs is 1. The molecular weight excluding hydrogens is 386 g/mol. The minimum absolute atomic E-state index is 0.000753. The van der Waals surface area contributed by atoms with Gasteiger partial charge in [0.15, 0.2) is 0 Å². The van der Waals surface area contributed by atoms with Crippen LogP contribution in [0.1, 0.15) is 71.9 Å². The van der Waals surface area contributed by atoms with Crippen LogP contribution in [0.3, 0.4) is 0 Å². The fourth-order valence-electron chi connectivity index (χ4n) is 6.44. The maximum atomic E-state index is 13.3. The van der Waals surface area contributed by atoms with Crippen molar-refractivity contribution < 1.29 is 14.7 Å². The first-order valence-electron chi connectivity index (χ1n) is 11.7. The molecule has 2 aromatic rings. The van der Waals surface area contributed by atoms with E-state index >= 15 is 0 Å². The van der Waals surface area contributed by atoms with E-state index in [1.165, 1.54) is 16.3 Å². The molecule has 4 nitrogen and oxygen atoms in total.